The lowest BCUT2D eigenvalue weighted by molar-refractivity contribution is -0.153. The summed E-state index contributed by atoms with van der Waals surface area (Å²) in [6, 6.07) is 8.38. The molecule has 0 bridgehead atoms. The van der Waals surface area contributed by atoms with Gasteiger partial charge in [-0.2, -0.15) is 0 Å². The average Bonchev–Trinajstić information content (AvgIpc) is 2.95. The highest BCUT2D eigenvalue weighted by Crippen LogP contribution is 2.47. The summed E-state index contributed by atoms with van der Waals surface area (Å²) in [6.45, 7) is 7.96. The summed E-state index contributed by atoms with van der Waals surface area (Å²) in [5.74, 6) is -0.159. The number of rotatable bonds is 3. The Labute approximate surface area is 109 Å². The van der Waals surface area contributed by atoms with Crippen molar-refractivity contribution in [1.29, 1.82) is 0 Å². The van der Waals surface area contributed by atoms with Gasteiger partial charge in [0.1, 0.15) is 5.60 Å². The summed E-state index contributed by atoms with van der Waals surface area (Å²) in [5.41, 5.74) is 2.40. The van der Waals surface area contributed by atoms with E-state index in [1.165, 1.54) is 18.4 Å². The predicted octanol–water partition coefficient (Wildman–Crippen LogP) is 3.62. The molecule has 0 radical (unpaired) electrons. The summed E-state index contributed by atoms with van der Waals surface area (Å²) >= 11 is 0. The van der Waals surface area contributed by atoms with Gasteiger partial charge in [-0.3, -0.25) is 4.79 Å². The quantitative estimate of drug-likeness (QED) is 0.761. The number of benzene rings is 1. The molecule has 1 aliphatic carbocycles. The lowest BCUT2D eigenvalue weighted by Gasteiger charge is -2.19. The zero-order chi connectivity index (χ0) is 13.4. The van der Waals surface area contributed by atoms with Crippen LogP contribution in [0.1, 0.15) is 51.7 Å². The minimum absolute atomic E-state index is 0.159. The molecule has 1 fully saturated rings. The first-order valence-corrected chi connectivity index (χ1v) is 6.60. The highest BCUT2D eigenvalue weighted by Gasteiger charge is 2.38. The van der Waals surface area contributed by atoms with Crippen LogP contribution in [0.25, 0.3) is 0 Å². The average molecular weight is 246 g/mol. The van der Waals surface area contributed by atoms with Crippen LogP contribution in [0.3, 0.4) is 0 Å². The van der Waals surface area contributed by atoms with Crippen LogP contribution in [0.15, 0.2) is 24.3 Å². The zero-order valence-corrected chi connectivity index (χ0v) is 11.7. The van der Waals surface area contributed by atoms with Crippen molar-refractivity contribution in [2.45, 2.75) is 58.0 Å². The van der Waals surface area contributed by atoms with Crippen molar-refractivity contribution in [3.05, 3.63) is 35.4 Å². The zero-order valence-electron chi connectivity index (χ0n) is 11.7. The van der Waals surface area contributed by atoms with Gasteiger partial charge in [0.2, 0.25) is 0 Å². The fraction of sp³-hybridized carbons (Fsp3) is 0.562. The van der Waals surface area contributed by atoms with E-state index in [1.807, 2.05) is 32.9 Å². The van der Waals surface area contributed by atoms with Crippen molar-refractivity contribution in [2.75, 3.05) is 0 Å². The van der Waals surface area contributed by atoms with E-state index in [9.17, 15) is 4.79 Å². The van der Waals surface area contributed by atoms with E-state index in [1.54, 1.807) is 0 Å². The van der Waals surface area contributed by atoms with Crippen molar-refractivity contribution in [3.63, 3.8) is 0 Å². The molecule has 0 unspecified atom stereocenters. The van der Waals surface area contributed by atoms with Gasteiger partial charge >= 0.3 is 5.97 Å². The van der Waals surface area contributed by atoms with Gasteiger partial charge in [0.25, 0.3) is 0 Å². The summed E-state index contributed by atoms with van der Waals surface area (Å²) in [7, 11) is 0. The van der Waals surface area contributed by atoms with Crippen LogP contribution in [0.5, 0.6) is 0 Å². The van der Waals surface area contributed by atoms with E-state index in [0.717, 1.165) is 5.56 Å². The number of hydrogen-bond acceptors (Lipinski definition) is 2. The first kappa shape index (κ1) is 13.1. The first-order valence-electron chi connectivity index (χ1n) is 6.60. The third-order valence-electron chi connectivity index (χ3n) is 3.42. The number of hydrogen-bond donors (Lipinski definition) is 0. The Hall–Kier alpha value is -1.31. The lowest BCUT2D eigenvalue weighted by Crippen LogP contribution is -2.24. The standard InChI is InChI=1S/C16H22O2/c1-15(2,3)18-14(17)11-12-5-7-13(8-6-12)16(4)9-10-16/h5-8H,9-11H2,1-4H3. The molecule has 0 spiro atoms. The summed E-state index contributed by atoms with van der Waals surface area (Å²) in [6.07, 6.45) is 2.91. The molecule has 0 saturated heterocycles. The Balaban J connectivity index is 1.96. The maximum Gasteiger partial charge on any atom is 0.310 e. The van der Waals surface area contributed by atoms with E-state index in [0.29, 0.717) is 11.8 Å². The van der Waals surface area contributed by atoms with E-state index in [2.05, 4.69) is 19.1 Å². The van der Waals surface area contributed by atoms with Crippen LogP contribution < -0.4 is 0 Å². The predicted molar refractivity (Wildman–Crippen MR) is 72.6 cm³/mol. The SMILES string of the molecule is CC(C)(C)OC(=O)Cc1ccc(C2(C)CC2)cc1. The van der Waals surface area contributed by atoms with Gasteiger partial charge in [0.05, 0.1) is 6.42 Å². The summed E-state index contributed by atoms with van der Waals surface area (Å²) in [5, 5.41) is 0. The molecule has 0 aromatic heterocycles. The molecule has 1 aromatic rings. The molecule has 2 nitrogen and oxygen atoms in total. The van der Waals surface area contributed by atoms with Crippen molar-refractivity contribution in [1.82, 2.24) is 0 Å². The van der Waals surface area contributed by atoms with Crippen molar-refractivity contribution >= 4 is 5.97 Å². The maximum absolute atomic E-state index is 11.7. The molecular weight excluding hydrogens is 224 g/mol. The summed E-state index contributed by atoms with van der Waals surface area (Å²) in [4.78, 5) is 11.7. The second kappa shape index (κ2) is 4.42. The van der Waals surface area contributed by atoms with E-state index >= 15 is 0 Å². The molecule has 1 aromatic carbocycles. The van der Waals surface area contributed by atoms with Crippen LogP contribution >= 0.6 is 0 Å². The van der Waals surface area contributed by atoms with Crippen LogP contribution in [0.4, 0.5) is 0 Å². The maximum atomic E-state index is 11.7. The minimum atomic E-state index is -0.404. The highest BCUT2D eigenvalue weighted by atomic mass is 16.6. The van der Waals surface area contributed by atoms with Crippen molar-refractivity contribution in [2.24, 2.45) is 0 Å². The molecule has 1 aliphatic rings. The number of carbonyl (C=O) groups is 1. The minimum Gasteiger partial charge on any atom is -0.460 e. The van der Waals surface area contributed by atoms with Gasteiger partial charge in [-0.15, -0.1) is 0 Å². The Kier molecular flexibility index (Phi) is 3.22. The molecular formula is C16H22O2. The van der Waals surface area contributed by atoms with Gasteiger partial charge in [-0.1, -0.05) is 31.2 Å². The Morgan fingerprint density at radius 2 is 1.78 bits per heavy atom. The van der Waals surface area contributed by atoms with E-state index < -0.39 is 5.60 Å². The van der Waals surface area contributed by atoms with Crippen LogP contribution in [-0.2, 0) is 21.4 Å². The second-order valence-electron chi connectivity index (χ2n) is 6.52. The monoisotopic (exact) mass is 246 g/mol. The molecule has 2 rings (SSSR count). The molecule has 0 N–H and O–H groups in total. The van der Waals surface area contributed by atoms with Crippen LogP contribution in [-0.4, -0.2) is 11.6 Å². The van der Waals surface area contributed by atoms with Crippen molar-refractivity contribution < 1.29 is 9.53 Å². The molecule has 0 atom stereocenters. The normalized spacial score (nSPS) is 17.3. The molecule has 2 heteroatoms. The van der Waals surface area contributed by atoms with E-state index in [4.69, 9.17) is 4.74 Å². The largest absolute Gasteiger partial charge is 0.460 e. The molecule has 0 aliphatic heterocycles. The van der Waals surface area contributed by atoms with Gasteiger partial charge < -0.3 is 4.74 Å². The molecule has 0 heterocycles. The van der Waals surface area contributed by atoms with Gasteiger partial charge in [0, 0.05) is 0 Å². The smallest absolute Gasteiger partial charge is 0.310 e. The molecule has 18 heavy (non-hydrogen) atoms. The van der Waals surface area contributed by atoms with Crippen LogP contribution in [0, 0.1) is 0 Å². The fourth-order valence-corrected chi connectivity index (χ4v) is 2.05. The third kappa shape index (κ3) is 3.34. The molecule has 0 amide bonds. The highest BCUT2D eigenvalue weighted by molar-refractivity contribution is 5.73. The van der Waals surface area contributed by atoms with Gasteiger partial charge in [0.15, 0.2) is 0 Å². The second-order valence-corrected chi connectivity index (χ2v) is 6.52. The van der Waals surface area contributed by atoms with Crippen molar-refractivity contribution in [3.8, 4) is 0 Å². The van der Waals surface area contributed by atoms with Gasteiger partial charge in [-0.25, -0.2) is 0 Å². The Morgan fingerprint density at radius 3 is 2.22 bits per heavy atom. The van der Waals surface area contributed by atoms with E-state index in [-0.39, 0.29) is 5.97 Å². The number of ether oxygens (including phenoxy) is 1. The van der Waals surface area contributed by atoms with Crippen LogP contribution in [0.2, 0.25) is 0 Å². The third-order valence-corrected chi connectivity index (χ3v) is 3.42. The molecule has 98 valence electrons. The lowest BCUT2D eigenvalue weighted by atomic mass is 9.97. The number of esters is 1. The summed E-state index contributed by atoms with van der Waals surface area (Å²) < 4.78 is 5.31. The Bertz CT molecular complexity index is 433. The topological polar surface area (TPSA) is 26.3 Å². The molecule has 1 saturated carbocycles. The number of carbonyl (C=O) groups excluding carboxylic acids is 1. The van der Waals surface area contributed by atoms with Gasteiger partial charge in [-0.05, 0) is 50.2 Å². The fourth-order valence-electron chi connectivity index (χ4n) is 2.05. The first-order chi connectivity index (χ1) is 8.28. The Morgan fingerprint density at radius 1 is 1.22 bits per heavy atom.